The Labute approximate surface area is 199 Å². The molecule has 1 unspecified atom stereocenters. The number of anilines is 2. The second-order valence-electron chi connectivity index (χ2n) is 9.10. The van der Waals surface area contributed by atoms with Crippen molar-refractivity contribution in [3.05, 3.63) is 66.0 Å². The maximum absolute atomic E-state index is 10.5. The average Bonchev–Trinajstić information content (AvgIpc) is 3.21. The molecular formula is C27H41N5O. The van der Waals surface area contributed by atoms with Crippen LogP contribution in [0.25, 0.3) is 0 Å². The summed E-state index contributed by atoms with van der Waals surface area (Å²) in [6.45, 7) is 16.1. The van der Waals surface area contributed by atoms with Crippen molar-refractivity contribution in [2.24, 2.45) is 10.9 Å². The van der Waals surface area contributed by atoms with Crippen LogP contribution in [0.1, 0.15) is 57.9 Å². The van der Waals surface area contributed by atoms with E-state index in [-0.39, 0.29) is 11.5 Å². The van der Waals surface area contributed by atoms with Crippen LogP contribution in [0.3, 0.4) is 0 Å². The van der Waals surface area contributed by atoms with E-state index in [4.69, 9.17) is 10.8 Å². The number of hydrogen-bond acceptors (Lipinski definition) is 5. The van der Waals surface area contributed by atoms with Crippen molar-refractivity contribution in [3.63, 3.8) is 0 Å². The number of allylic oxidation sites excluding steroid dienone is 2. The number of nitrogen functional groups attached to an aromatic ring is 1. The highest BCUT2D eigenvalue weighted by Gasteiger charge is 2.19. The minimum absolute atomic E-state index is 0.0241. The van der Waals surface area contributed by atoms with Gasteiger partial charge < -0.3 is 11.1 Å². The van der Waals surface area contributed by atoms with Crippen LogP contribution in [-0.2, 0) is 23.2 Å². The van der Waals surface area contributed by atoms with E-state index in [0.29, 0.717) is 5.71 Å². The van der Waals surface area contributed by atoms with Gasteiger partial charge in [-0.2, -0.15) is 5.10 Å². The predicted octanol–water partition coefficient (Wildman–Crippen LogP) is 5.73. The molecule has 6 heteroatoms. The monoisotopic (exact) mass is 451 g/mol. The van der Waals surface area contributed by atoms with Crippen LogP contribution in [0, 0.1) is 12.8 Å². The van der Waals surface area contributed by atoms with E-state index in [1.54, 1.807) is 18.4 Å². The van der Waals surface area contributed by atoms with E-state index < -0.39 is 0 Å². The van der Waals surface area contributed by atoms with Gasteiger partial charge in [0.1, 0.15) is 5.82 Å². The fourth-order valence-corrected chi connectivity index (χ4v) is 3.14. The first kappa shape index (κ1) is 27.9. The van der Waals surface area contributed by atoms with Crippen LogP contribution in [0.2, 0.25) is 0 Å². The molecule has 1 aromatic heterocycles. The Morgan fingerprint density at radius 3 is 2.52 bits per heavy atom. The van der Waals surface area contributed by atoms with Crippen molar-refractivity contribution in [2.45, 2.75) is 66.3 Å². The Hall–Kier alpha value is -3.15. The van der Waals surface area contributed by atoms with E-state index in [9.17, 15) is 4.79 Å². The number of nitrogens with zero attached hydrogens (tertiary/aromatic N) is 3. The molecule has 0 aliphatic carbocycles. The quantitative estimate of drug-likeness (QED) is 0.221. The molecule has 1 atom stereocenters. The Morgan fingerprint density at radius 2 is 2.00 bits per heavy atom. The Balaban J connectivity index is 0.000000389. The van der Waals surface area contributed by atoms with Crippen molar-refractivity contribution < 1.29 is 4.79 Å². The number of aryl methyl sites for hydroxylation is 3. The van der Waals surface area contributed by atoms with Crippen LogP contribution in [0.5, 0.6) is 0 Å². The molecule has 0 bridgehead atoms. The Bertz CT molecular complexity index is 963. The van der Waals surface area contributed by atoms with Crippen molar-refractivity contribution in [1.29, 1.82) is 0 Å². The molecule has 6 nitrogen and oxygen atoms in total. The van der Waals surface area contributed by atoms with Crippen LogP contribution >= 0.6 is 0 Å². The zero-order valence-corrected chi connectivity index (χ0v) is 21.4. The van der Waals surface area contributed by atoms with E-state index in [0.717, 1.165) is 42.7 Å². The Kier molecular flexibility index (Phi) is 11.3. The number of nitrogens with one attached hydrogen (secondary N) is 1. The van der Waals surface area contributed by atoms with Crippen molar-refractivity contribution in [3.8, 4) is 0 Å². The van der Waals surface area contributed by atoms with Gasteiger partial charge >= 0.3 is 0 Å². The zero-order valence-electron chi connectivity index (χ0n) is 21.4. The molecule has 33 heavy (non-hydrogen) atoms. The predicted molar refractivity (Wildman–Crippen MR) is 142 cm³/mol. The summed E-state index contributed by atoms with van der Waals surface area (Å²) >= 11 is 0. The fraction of sp³-hybridized carbons (Fsp3) is 0.444. The topological polar surface area (TPSA) is 85.3 Å². The van der Waals surface area contributed by atoms with Gasteiger partial charge in [-0.3, -0.25) is 9.79 Å². The number of aliphatic imine (C=N–C) groups is 1. The molecule has 180 valence electrons. The van der Waals surface area contributed by atoms with E-state index in [2.05, 4.69) is 67.5 Å². The summed E-state index contributed by atoms with van der Waals surface area (Å²) in [5.74, 6) is 1.29. The fourth-order valence-electron chi connectivity index (χ4n) is 3.14. The van der Waals surface area contributed by atoms with E-state index in [1.165, 1.54) is 11.1 Å². The lowest BCUT2D eigenvalue weighted by Crippen LogP contribution is -2.24. The smallest absolute Gasteiger partial charge is 0.164 e. The number of hydrogen-bond donors (Lipinski definition) is 2. The number of rotatable bonds is 9. The average molecular weight is 452 g/mol. The van der Waals surface area contributed by atoms with Gasteiger partial charge in [-0.05, 0) is 76.3 Å². The standard InChI is InChI=1S/C17H26N4.C10H15NO/c1-12-6-8-14(18)10-13(12)7-9-15-11-16(19-5)21(20-15)17(2,3)4;1-4-6-7-11-10(8-12)9(3)5-2/h6,8,10-11,19H,7,9,18H2,1-5H3;4,6-9H,1,5H2,2-3H3/b;7-6-,11-10?. The molecule has 3 N–H and O–H groups in total. The third-order valence-electron chi connectivity index (χ3n) is 5.36. The summed E-state index contributed by atoms with van der Waals surface area (Å²) < 4.78 is 2.05. The Morgan fingerprint density at radius 1 is 1.30 bits per heavy atom. The van der Waals surface area contributed by atoms with E-state index in [1.807, 2.05) is 27.0 Å². The second-order valence-corrected chi connectivity index (χ2v) is 9.10. The highest BCUT2D eigenvalue weighted by atomic mass is 16.1. The molecule has 0 amide bonds. The second kappa shape index (κ2) is 13.4. The number of carbonyl (C=O) groups excluding carboxylic acids is 1. The van der Waals surface area contributed by atoms with Gasteiger partial charge in [-0.25, -0.2) is 4.68 Å². The molecule has 0 aliphatic rings. The van der Waals surface area contributed by atoms with Gasteiger partial charge in [0.25, 0.3) is 0 Å². The lowest BCUT2D eigenvalue weighted by Gasteiger charge is -2.21. The SMILES string of the molecule is C=C/C=C\N=C(C=O)C(C)CC.CNc1cc(CCc2cc(N)ccc2C)nn1C(C)(C)C. The molecule has 0 fully saturated rings. The molecule has 0 saturated carbocycles. The largest absolute Gasteiger partial charge is 0.399 e. The first-order chi connectivity index (χ1) is 15.6. The van der Waals surface area contributed by atoms with Crippen molar-refractivity contribution in [2.75, 3.05) is 18.1 Å². The molecule has 0 radical (unpaired) electrons. The zero-order chi connectivity index (χ0) is 25.0. The number of benzene rings is 1. The lowest BCUT2D eigenvalue weighted by atomic mass is 10.0. The number of aromatic nitrogens is 2. The van der Waals surface area contributed by atoms with Gasteiger partial charge in [0, 0.05) is 30.9 Å². The third kappa shape index (κ3) is 9.08. The first-order valence-corrected chi connectivity index (χ1v) is 11.5. The molecule has 2 rings (SSSR count). The maximum Gasteiger partial charge on any atom is 0.164 e. The highest BCUT2D eigenvalue weighted by molar-refractivity contribution is 6.29. The summed E-state index contributed by atoms with van der Waals surface area (Å²) in [7, 11) is 1.94. The van der Waals surface area contributed by atoms with E-state index >= 15 is 0 Å². The molecule has 1 heterocycles. The summed E-state index contributed by atoms with van der Waals surface area (Å²) in [5.41, 5.74) is 11.0. The van der Waals surface area contributed by atoms with Gasteiger partial charge in [0.15, 0.2) is 6.29 Å². The van der Waals surface area contributed by atoms with Gasteiger partial charge in [-0.15, -0.1) is 0 Å². The highest BCUT2D eigenvalue weighted by Crippen LogP contribution is 2.22. The van der Waals surface area contributed by atoms with Crippen LogP contribution in [-0.4, -0.2) is 28.8 Å². The number of carbonyl (C=O) groups is 1. The molecule has 2 aromatic rings. The van der Waals surface area contributed by atoms with Crippen LogP contribution in [0.4, 0.5) is 11.5 Å². The molecule has 0 spiro atoms. The minimum atomic E-state index is -0.0241. The number of aldehydes is 1. The van der Waals surface area contributed by atoms with Gasteiger partial charge in [-0.1, -0.05) is 32.6 Å². The molecular weight excluding hydrogens is 410 g/mol. The van der Waals surface area contributed by atoms with Gasteiger partial charge in [0.2, 0.25) is 0 Å². The maximum atomic E-state index is 10.5. The summed E-state index contributed by atoms with van der Waals surface area (Å²) in [6, 6.07) is 8.23. The summed E-state index contributed by atoms with van der Waals surface area (Å²) in [4.78, 5) is 14.5. The van der Waals surface area contributed by atoms with Gasteiger partial charge in [0.05, 0.1) is 16.9 Å². The van der Waals surface area contributed by atoms with Crippen LogP contribution < -0.4 is 11.1 Å². The van der Waals surface area contributed by atoms with Crippen molar-refractivity contribution >= 4 is 23.5 Å². The summed E-state index contributed by atoms with van der Waals surface area (Å²) in [5, 5.41) is 7.96. The van der Waals surface area contributed by atoms with Crippen molar-refractivity contribution in [1.82, 2.24) is 9.78 Å². The molecule has 0 saturated heterocycles. The lowest BCUT2D eigenvalue weighted by molar-refractivity contribution is -0.102. The molecule has 0 aliphatic heterocycles. The normalized spacial score (nSPS) is 12.8. The number of nitrogens with two attached hydrogens (primary N) is 1. The van der Waals surface area contributed by atoms with Crippen LogP contribution in [0.15, 0.2) is 54.2 Å². The minimum Gasteiger partial charge on any atom is -0.399 e. The molecule has 1 aromatic carbocycles. The first-order valence-electron chi connectivity index (χ1n) is 11.5. The summed E-state index contributed by atoms with van der Waals surface area (Å²) in [6.07, 6.45) is 8.53. The third-order valence-corrected chi connectivity index (χ3v) is 5.36.